The van der Waals surface area contributed by atoms with Crippen molar-refractivity contribution in [3.8, 4) is 5.75 Å². The van der Waals surface area contributed by atoms with Gasteiger partial charge in [-0.1, -0.05) is 12.1 Å². The zero-order valence-electron chi connectivity index (χ0n) is 13.6. The van der Waals surface area contributed by atoms with E-state index in [2.05, 4.69) is 10.6 Å². The Hall–Kier alpha value is -3.34. The molecule has 0 fully saturated rings. The lowest BCUT2D eigenvalue weighted by Crippen LogP contribution is -2.11. The molecule has 0 saturated heterocycles. The van der Waals surface area contributed by atoms with E-state index in [-0.39, 0.29) is 11.7 Å². The van der Waals surface area contributed by atoms with Crippen molar-refractivity contribution >= 4 is 23.0 Å². The van der Waals surface area contributed by atoms with Crippen molar-refractivity contribution in [1.29, 1.82) is 0 Å². The van der Waals surface area contributed by atoms with E-state index >= 15 is 0 Å². The third kappa shape index (κ3) is 4.14. The molecule has 25 heavy (non-hydrogen) atoms. The first-order valence-corrected chi connectivity index (χ1v) is 7.73. The molecule has 0 heterocycles. The number of carbonyl (C=O) groups is 1. The van der Waals surface area contributed by atoms with Crippen molar-refractivity contribution in [2.75, 3.05) is 17.7 Å². The van der Waals surface area contributed by atoms with Gasteiger partial charge in [0.15, 0.2) is 0 Å². The predicted molar refractivity (Wildman–Crippen MR) is 97.1 cm³/mol. The van der Waals surface area contributed by atoms with Crippen LogP contribution in [0, 0.1) is 5.82 Å². The lowest BCUT2D eigenvalue weighted by molar-refractivity contribution is 0.102. The van der Waals surface area contributed by atoms with E-state index in [0.29, 0.717) is 22.7 Å². The SMILES string of the molecule is COc1ccc(C(=O)Nc2ccc(Nc3ccccc3F)cc2)cc1. The van der Waals surface area contributed by atoms with Gasteiger partial charge in [-0.3, -0.25) is 4.79 Å². The highest BCUT2D eigenvalue weighted by Crippen LogP contribution is 2.21. The summed E-state index contributed by atoms with van der Waals surface area (Å²) < 4.78 is 18.7. The number of methoxy groups -OCH3 is 1. The maximum atomic E-state index is 13.6. The summed E-state index contributed by atoms with van der Waals surface area (Å²) in [6.45, 7) is 0. The minimum atomic E-state index is -0.320. The monoisotopic (exact) mass is 336 g/mol. The number of anilines is 3. The minimum Gasteiger partial charge on any atom is -0.497 e. The average molecular weight is 336 g/mol. The first-order valence-electron chi connectivity index (χ1n) is 7.73. The number of hydrogen-bond acceptors (Lipinski definition) is 3. The van der Waals surface area contributed by atoms with Crippen molar-refractivity contribution in [3.05, 3.63) is 84.2 Å². The van der Waals surface area contributed by atoms with Gasteiger partial charge in [0, 0.05) is 16.9 Å². The Labute approximate surface area is 145 Å². The molecule has 0 spiro atoms. The van der Waals surface area contributed by atoms with Crippen molar-refractivity contribution in [1.82, 2.24) is 0 Å². The Morgan fingerprint density at radius 1 is 0.880 bits per heavy atom. The molecule has 3 rings (SSSR count). The summed E-state index contributed by atoms with van der Waals surface area (Å²) in [5.41, 5.74) is 2.32. The third-order valence-electron chi connectivity index (χ3n) is 3.65. The molecule has 0 aliphatic heterocycles. The van der Waals surface area contributed by atoms with Gasteiger partial charge in [-0.2, -0.15) is 0 Å². The fourth-order valence-electron chi connectivity index (χ4n) is 2.30. The highest BCUT2D eigenvalue weighted by Gasteiger charge is 2.07. The van der Waals surface area contributed by atoms with Crippen molar-refractivity contribution in [3.63, 3.8) is 0 Å². The van der Waals surface area contributed by atoms with Crippen LogP contribution in [-0.4, -0.2) is 13.0 Å². The average Bonchev–Trinajstić information content (AvgIpc) is 2.65. The molecule has 4 nitrogen and oxygen atoms in total. The molecule has 0 unspecified atom stereocenters. The molecular formula is C20H17FN2O2. The van der Waals surface area contributed by atoms with Crippen LogP contribution in [-0.2, 0) is 0 Å². The van der Waals surface area contributed by atoms with Crippen molar-refractivity contribution in [2.45, 2.75) is 0 Å². The molecule has 0 bridgehead atoms. The summed E-state index contributed by atoms with van der Waals surface area (Å²) in [6.07, 6.45) is 0. The van der Waals surface area contributed by atoms with Crippen LogP contribution in [0.25, 0.3) is 0 Å². The van der Waals surface area contributed by atoms with Crippen LogP contribution in [0.4, 0.5) is 21.5 Å². The van der Waals surface area contributed by atoms with Gasteiger partial charge in [0.2, 0.25) is 0 Å². The topological polar surface area (TPSA) is 50.4 Å². The number of amides is 1. The summed E-state index contributed by atoms with van der Waals surface area (Å²) in [7, 11) is 1.58. The van der Waals surface area contributed by atoms with Gasteiger partial charge in [-0.25, -0.2) is 4.39 Å². The molecule has 0 aliphatic carbocycles. The summed E-state index contributed by atoms with van der Waals surface area (Å²) in [4.78, 5) is 12.2. The van der Waals surface area contributed by atoms with Crippen LogP contribution in [0.5, 0.6) is 5.75 Å². The molecular weight excluding hydrogens is 319 g/mol. The minimum absolute atomic E-state index is 0.211. The number of ether oxygens (including phenoxy) is 1. The Morgan fingerprint density at radius 3 is 2.16 bits per heavy atom. The van der Waals surface area contributed by atoms with E-state index in [0.717, 1.165) is 5.69 Å². The first-order chi connectivity index (χ1) is 12.2. The number of carbonyl (C=O) groups excluding carboxylic acids is 1. The van der Waals surface area contributed by atoms with E-state index in [4.69, 9.17) is 4.74 Å². The summed E-state index contributed by atoms with van der Waals surface area (Å²) in [5.74, 6) is 0.164. The van der Waals surface area contributed by atoms with Gasteiger partial charge < -0.3 is 15.4 Å². The Balaban J connectivity index is 1.65. The van der Waals surface area contributed by atoms with Crippen LogP contribution in [0.2, 0.25) is 0 Å². The van der Waals surface area contributed by atoms with Gasteiger partial charge in [0.1, 0.15) is 11.6 Å². The zero-order valence-corrected chi connectivity index (χ0v) is 13.6. The normalized spacial score (nSPS) is 10.2. The quantitative estimate of drug-likeness (QED) is 0.701. The molecule has 3 aromatic rings. The molecule has 126 valence electrons. The van der Waals surface area contributed by atoms with E-state index in [9.17, 15) is 9.18 Å². The predicted octanol–water partition coefficient (Wildman–Crippen LogP) is 4.83. The van der Waals surface area contributed by atoms with Crippen LogP contribution in [0.1, 0.15) is 10.4 Å². The number of rotatable bonds is 5. The fourth-order valence-corrected chi connectivity index (χ4v) is 2.30. The largest absolute Gasteiger partial charge is 0.497 e. The van der Waals surface area contributed by atoms with E-state index in [1.165, 1.54) is 6.07 Å². The lowest BCUT2D eigenvalue weighted by atomic mass is 10.2. The molecule has 2 N–H and O–H groups in total. The highest BCUT2D eigenvalue weighted by molar-refractivity contribution is 6.04. The molecule has 0 atom stereocenters. The summed E-state index contributed by atoms with van der Waals surface area (Å²) in [5, 5.41) is 5.81. The summed E-state index contributed by atoms with van der Waals surface area (Å²) >= 11 is 0. The summed E-state index contributed by atoms with van der Waals surface area (Å²) in [6, 6.07) is 20.4. The number of halogens is 1. The molecule has 5 heteroatoms. The second kappa shape index (κ2) is 7.49. The molecule has 0 aliphatic rings. The van der Waals surface area contributed by atoms with E-state index < -0.39 is 0 Å². The molecule has 0 radical (unpaired) electrons. The van der Waals surface area contributed by atoms with Gasteiger partial charge in [0.05, 0.1) is 12.8 Å². The Bertz CT molecular complexity index is 862. The molecule has 1 amide bonds. The zero-order chi connectivity index (χ0) is 17.6. The van der Waals surface area contributed by atoms with Crippen LogP contribution >= 0.6 is 0 Å². The smallest absolute Gasteiger partial charge is 0.255 e. The maximum Gasteiger partial charge on any atom is 0.255 e. The number of para-hydroxylation sites is 1. The van der Waals surface area contributed by atoms with Crippen LogP contribution in [0.3, 0.4) is 0 Å². The second-order valence-corrected chi connectivity index (χ2v) is 5.36. The number of nitrogens with one attached hydrogen (secondary N) is 2. The van der Waals surface area contributed by atoms with Crippen molar-refractivity contribution in [2.24, 2.45) is 0 Å². The standard InChI is InChI=1S/C20H17FN2O2/c1-25-17-12-6-14(7-13-17)20(24)23-16-10-8-15(9-11-16)22-19-5-3-2-4-18(19)21/h2-13,22H,1H3,(H,23,24). The van der Waals surface area contributed by atoms with Gasteiger partial charge in [0.25, 0.3) is 5.91 Å². The first kappa shape index (κ1) is 16.5. The second-order valence-electron chi connectivity index (χ2n) is 5.36. The third-order valence-corrected chi connectivity index (χ3v) is 3.65. The maximum absolute atomic E-state index is 13.6. The molecule has 0 aromatic heterocycles. The van der Waals surface area contributed by atoms with Gasteiger partial charge in [-0.05, 0) is 60.7 Å². The highest BCUT2D eigenvalue weighted by atomic mass is 19.1. The fraction of sp³-hybridized carbons (Fsp3) is 0.0500. The van der Waals surface area contributed by atoms with E-state index in [1.54, 1.807) is 73.8 Å². The van der Waals surface area contributed by atoms with Crippen molar-refractivity contribution < 1.29 is 13.9 Å². The van der Waals surface area contributed by atoms with Crippen LogP contribution in [0.15, 0.2) is 72.8 Å². The molecule has 3 aromatic carbocycles. The Kier molecular flexibility index (Phi) is 4.95. The van der Waals surface area contributed by atoms with E-state index in [1.807, 2.05) is 0 Å². The Morgan fingerprint density at radius 2 is 1.52 bits per heavy atom. The van der Waals surface area contributed by atoms with Crippen LogP contribution < -0.4 is 15.4 Å². The number of hydrogen-bond donors (Lipinski definition) is 2. The molecule has 0 saturated carbocycles. The lowest BCUT2D eigenvalue weighted by Gasteiger charge is -2.09. The number of benzene rings is 3. The van der Waals surface area contributed by atoms with Gasteiger partial charge >= 0.3 is 0 Å². The van der Waals surface area contributed by atoms with Gasteiger partial charge in [-0.15, -0.1) is 0 Å².